The van der Waals surface area contributed by atoms with Crippen molar-refractivity contribution in [3.8, 4) is 0 Å². The molecule has 0 bridgehead atoms. The summed E-state index contributed by atoms with van der Waals surface area (Å²) in [6.07, 6.45) is 0.639. The summed E-state index contributed by atoms with van der Waals surface area (Å²) in [5.41, 5.74) is 2.62. The number of fused-ring (bicyclic) bond motifs is 2. The molecule has 176 valence electrons. The Morgan fingerprint density at radius 2 is 1.70 bits per heavy atom. The smallest absolute Gasteiger partial charge is 0.414 e. The van der Waals surface area contributed by atoms with Crippen molar-refractivity contribution in [3.63, 3.8) is 0 Å². The Hall–Kier alpha value is -3.06. The monoisotopic (exact) mass is 452 g/mol. The number of carbonyl (C=O) groups excluding carboxylic acids is 2. The molecule has 0 aliphatic carbocycles. The summed E-state index contributed by atoms with van der Waals surface area (Å²) in [6, 6.07) is 15.3. The van der Waals surface area contributed by atoms with E-state index in [1.54, 1.807) is 9.80 Å². The first-order valence-electron chi connectivity index (χ1n) is 11.4. The van der Waals surface area contributed by atoms with E-state index in [1.165, 1.54) is 0 Å². The van der Waals surface area contributed by atoms with Gasteiger partial charge in [0.2, 0.25) is 0 Å². The summed E-state index contributed by atoms with van der Waals surface area (Å²) >= 11 is 0. The summed E-state index contributed by atoms with van der Waals surface area (Å²) < 4.78 is 11.2. The zero-order chi connectivity index (χ0) is 23.6. The molecule has 7 heteroatoms. The first-order chi connectivity index (χ1) is 15.7. The SMILES string of the molecule is CC(C)(C)OC(=O)N1CC2(CCN(C(=O)OCc3ccccc3)CC2)c2c(CO)cccc21. The van der Waals surface area contributed by atoms with Gasteiger partial charge >= 0.3 is 12.2 Å². The van der Waals surface area contributed by atoms with E-state index in [9.17, 15) is 14.7 Å². The number of anilines is 1. The highest BCUT2D eigenvalue weighted by Gasteiger charge is 2.49. The van der Waals surface area contributed by atoms with Crippen LogP contribution in [-0.4, -0.2) is 47.4 Å². The Balaban J connectivity index is 1.50. The maximum absolute atomic E-state index is 13.0. The van der Waals surface area contributed by atoms with E-state index in [-0.39, 0.29) is 30.8 Å². The first kappa shape index (κ1) is 23.1. The standard InChI is InChI=1S/C26H32N2O5/c1-25(2,3)33-24(31)28-18-26(22-20(16-29)10-7-11-21(22)28)12-14-27(15-13-26)23(30)32-17-19-8-5-4-6-9-19/h4-11,29H,12-18H2,1-3H3. The molecule has 2 heterocycles. The molecule has 2 aliphatic heterocycles. The fourth-order valence-electron chi connectivity index (χ4n) is 4.84. The fourth-order valence-corrected chi connectivity index (χ4v) is 4.84. The number of ether oxygens (including phenoxy) is 2. The van der Waals surface area contributed by atoms with Gasteiger partial charge in [0.15, 0.2) is 0 Å². The van der Waals surface area contributed by atoms with E-state index in [1.807, 2.05) is 69.3 Å². The van der Waals surface area contributed by atoms with Crippen LogP contribution >= 0.6 is 0 Å². The van der Waals surface area contributed by atoms with Crippen molar-refractivity contribution in [3.05, 3.63) is 65.2 Å². The van der Waals surface area contributed by atoms with E-state index in [2.05, 4.69) is 0 Å². The van der Waals surface area contributed by atoms with Gasteiger partial charge in [-0.15, -0.1) is 0 Å². The van der Waals surface area contributed by atoms with Crippen LogP contribution in [0.25, 0.3) is 0 Å². The average Bonchev–Trinajstić information content (AvgIpc) is 3.12. The van der Waals surface area contributed by atoms with Crippen molar-refractivity contribution in [1.82, 2.24) is 4.90 Å². The van der Waals surface area contributed by atoms with Gasteiger partial charge in [-0.05, 0) is 56.4 Å². The summed E-state index contributed by atoms with van der Waals surface area (Å²) in [5.74, 6) is 0. The number of hydrogen-bond donors (Lipinski definition) is 1. The van der Waals surface area contributed by atoms with Crippen LogP contribution in [0.5, 0.6) is 0 Å². The van der Waals surface area contributed by atoms with Crippen LogP contribution in [0.4, 0.5) is 15.3 Å². The second-order valence-electron chi connectivity index (χ2n) is 9.84. The second-order valence-corrected chi connectivity index (χ2v) is 9.84. The number of benzene rings is 2. The molecule has 2 aliphatic rings. The number of likely N-dealkylation sites (tertiary alicyclic amines) is 1. The lowest BCUT2D eigenvalue weighted by atomic mass is 9.72. The van der Waals surface area contributed by atoms with Crippen molar-refractivity contribution in [2.24, 2.45) is 0 Å². The van der Waals surface area contributed by atoms with Crippen molar-refractivity contribution in [1.29, 1.82) is 0 Å². The van der Waals surface area contributed by atoms with E-state index in [4.69, 9.17) is 9.47 Å². The van der Waals surface area contributed by atoms with Crippen LogP contribution in [0, 0.1) is 0 Å². The number of amides is 2. The van der Waals surface area contributed by atoms with E-state index < -0.39 is 5.60 Å². The molecule has 1 fully saturated rings. The number of aliphatic hydroxyl groups is 1. The Labute approximate surface area is 194 Å². The Kier molecular flexibility index (Phi) is 6.34. The molecule has 1 spiro atoms. The Bertz CT molecular complexity index is 1010. The van der Waals surface area contributed by atoms with Crippen LogP contribution in [0.15, 0.2) is 48.5 Å². The third-order valence-corrected chi connectivity index (χ3v) is 6.38. The van der Waals surface area contributed by atoms with Gasteiger partial charge in [-0.1, -0.05) is 42.5 Å². The predicted octanol–water partition coefficient (Wildman–Crippen LogP) is 4.60. The number of piperidine rings is 1. The van der Waals surface area contributed by atoms with Crippen LogP contribution in [0.1, 0.15) is 50.3 Å². The van der Waals surface area contributed by atoms with Gasteiger partial charge in [0.05, 0.1) is 12.3 Å². The Morgan fingerprint density at radius 1 is 1.00 bits per heavy atom. The quantitative estimate of drug-likeness (QED) is 0.736. The molecule has 2 amide bonds. The van der Waals surface area contributed by atoms with Crippen LogP contribution in [-0.2, 0) is 28.1 Å². The number of aliphatic hydroxyl groups excluding tert-OH is 1. The van der Waals surface area contributed by atoms with Gasteiger partial charge in [0, 0.05) is 25.0 Å². The molecule has 7 nitrogen and oxygen atoms in total. The molecule has 1 N–H and O–H groups in total. The van der Waals surface area contributed by atoms with Crippen molar-refractivity contribution in [2.75, 3.05) is 24.5 Å². The minimum Gasteiger partial charge on any atom is -0.445 e. The van der Waals surface area contributed by atoms with Crippen LogP contribution in [0.2, 0.25) is 0 Å². The molecule has 2 aromatic rings. The average molecular weight is 453 g/mol. The molecular weight excluding hydrogens is 420 g/mol. The largest absolute Gasteiger partial charge is 0.445 e. The van der Waals surface area contributed by atoms with Crippen molar-refractivity contribution >= 4 is 17.9 Å². The highest BCUT2D eigenvalue weighted by molar-refractivity contribution is 5.92. The molecule has 0 unspecified atom stereocenters. The third-order valence-electron chi connectivity index (χ3n) is 6.38. The van der Waals surface area contributed by atoms with Gasteiger partial charge in [-0.2, -0.15) is 0 Å². The number of hydrogen-bond acceptors (Lipinski definition) is 5. The van der Waals surface area contributed by atoms with Gasteiger partial charge in [0.25, 0.3) is 0 Å². The topological polar surface area (TPSA) is 79.3 Å². The lowest BCUT2D eigenvalue weighted by molar-refractivity contribution is 0.0561. The summed E-state index contributed by atoms with van der Waals surface area (Å²) in [5, 5.41) is 10.0. The van der Waals surface area contributed by atoms with Crippen molar-refractivity contribution < 1.29 is 24.2 Å². The van der Waals surface area contributed by atoms with Crippen molar-refractivity contribution in [2.45, 2.75) is 57.8 Å². The molecule has 33 heavy (non-hydrogen) atoms. The second kappa shape index (κ2) is 9.06. The molecule has 4 rings (SSSR count). The predicted molar refractivity (Wildman–Crippen MR) is 125 cm³/mol. The number of carbonyl (C=O) groups is 2. The van der Waals surface area contributed by atoms with Gasteiger partial charge < -0.3 is 19.5 Å². The third kappa shape index (κ3) is 4.83. The normalized spacial score (nSPS) is 17.1. The van der Waals surface area contributed by atoms with E-state index in [0.717, 1.165) is 22.4 Å². The zero-order valence-corrected chi connectivity index (χ0v) is 19.5. The zero-order valence-electron chi connectivity index (χ0n) is 19.5. The Morgan fingerprint density at radius 3 is 2.33 bits per heavy atom. The molecule has 0 saturated carbocycles. The molecule has 0 aromatic heterocycles. The van der Waals surface area contributed by atoms with Gasteiger partial charge in [0.1, 0.15) is 12.2 Å². The minimum absolute atomic E-state index is 0.101. The molecule has 0 atom stereocenters. The molecule has 1 saturated heterocycles. The molecule has 0 radical (unpaired) electrons. The van der Waals surface area contributed by atoms with E-state index >= 15 is 0 Å². The summed E-state index contributed by atoms with van der Waals surface area (Å²) in [7, 11) is 0. The highest BCUT2D eigenvalue weighted by Crippen LogP contribution is 2.49. The van der Waals surface area contributed by atoms with Crippen LogP contribution < -0.4 is 4.90 Å². The summed E-state index contributed by atoms with van der Waals surface area (Å²) in [4.78, 5) is 29.1. The van der Waals surface area contributed by atoms with E-state index in [0.29, 0.717) is 32.5 Å². The lowest BCUT2D eigenvalue weighted by Crippen LogP contribution is -2.48. The van der Waals surface area contributed by atoms with Gasteiger partial charge in [-0.25, -0.2) is 9.59 Å². The lowest BCUT2D eigenvalue weighted by Gasteiger charge is -2.40. The number of nitrogens with zero attached hydrogens (tertiary/aromatic N) is 2. The maximum atomic E-state index is 13.0. The molecular formula is C26H32N2O5. The summed E-state index contributed by atoms with van der Waals surface area (Å²) in [6.45, 7) is 7.20. The highest BCUT2D eigenvalue weighted by atomic mass is 16.6. The molecule has 2 aromatic carbocycles. The first-order valence-corrected chi connectivity index (χ1v) is 11.4. The number of rotatable bonds is 3. The fraction of sp³-hybridized carbons (Fsp3) is 0.462. The van der Waals surface area contributed by atoms with Crippen LogP contribution in [0.3, 0.4) is 0 Å². The van der Waals surface area contributed by atoms with Gasteiger partial charge in [-0.3, -0.25) is 4.90 Å². The maximum Gasteiger partial charge on any atom is 0.414 e. The minimum atomic E-state index is -0.604.